The number of nitrogen functional groups attached to an aromatic ring is 1. The van der Waals surface area contributed by atoms with Crippen LogP contribution in [-0.4, -0.2) is 23.3 Å². The molecule has 0 saturated heterocycles. The quantitative estimate of drug-likeness (QED) is 0.891. The van der Waals surface area contributed by atoms with E-state index in [4.69, 9.17) is 10.5 Å². The molecule has 0 bridgehead atoms. The Hall–Kier alpha value is -1.62. The molecule has 0 saturated carbocycles. The largest absolute Gasteiger partial charge is 0.383 e. The van der Waals surface area contributed by atoms with Crippen molar-refractivity contribution in [1.82, 2.24) is 9.55 Å². The molecule has 2 N–H and O–H groups in total. The number of hydrogen-bond donors (Lipinski definition) is 1. The lowest BCUT2D eigenvalue weighted by Crippen LogP contribution is -2.13. The molecule has 1 atom stereocenters. The molecule has 4 nitrogen and oxygen atoms in total. The molecule has 0 fully saturated rings. The van der Waals surface area contributed by atoms with Crippen molar-refractivity contribution in [3.63, 3.8) is 0 Å². The first-order valence-electron chi connectivity index (χ1n) is 5.47. The predicted octanol–water partition coefficient (Wildman–Crippen LogP) is 2.27. The molecule has 92 valence electrons. The van der Waals surface area contributed by atoms with Crippen LogP contribution in [0.2, 0.25) is 0 Å². The third-order valence-corrected chi connectivity index (χ3v) is 2.85. The van der Waals surface area contributed by atoms with Gasteiger partial charge in [-0.2, -0.15) is 0 Å². The summed E-state index contributed by atoms with van der Waals surface area (Å²) in [5.41, 5.74) is 7.86. The lowest BCUT2D eigenvalue weighted by Gasteiger charge is -2.15. The Labute approximate surface area is 99.2 Å². The maximum atomic E-state index is 13.4. The van der Waals surface area contributed by atoms with Gasteiger partial charge in [0.25, 0.3) is 0 Å². The van der Waals surface area contributed by atoms with Crippen LogP contribution in [0.25, 0.3) is 11.0 Å². The van der Waals surface area contributed by atoms with Gasteiger partial charge in [-0.1, -0.05) is 0 Å². The first kappa shape index (κ1) is 11.9. The van der Waals surface area contributed by atoms with Gasteiger partial charge in [0, 0.05) is 13.2 Å². The molecule has 0 aliphatic carbocycles. The molecule has 0 aliphatic heterocycles. The SMILES string of the molecule is COCC(C)n1c(N)nc2cc(F)c(C)cc21. The molecule has 5 heteroatoms. The summed E-state index contributed by atoms with van der Waals surface area (Å²) in [4.78, 5) is 4.16. The lowest BCUT2D eigenvalue weighted by molar-refractivity contribution is 0.164. The van der Waals surface area contributed by atoms with Crippen LogP contribution >= 0.6 is 0 Å². The van der Waals surface area contributed by atoms with Gasteiger partial charge < -0.3 is 15.0 Å². The topological polar surface area (TPSA) is 53.1 Å². The van der Waals surface area contributed by atoms with Crippen LogP contribution in [0.5, 0.6) is 0 Å². The normalized spacial score (nSPS) is 13.2. The Morgan fingerprint density at radius 2 is 2.24 bits per heavy atom. The number of halogens is 1. The number of ether oxygens (including phenoxy) is 1. The van der Waals surface area contributed by atoms with E-state index in [0.29, 0.717) is 23.6 Å². The average molecular weight is 237 g/mol. The van der Waals surface area contributed by atoms with Crippen molar-refractivity contribution in [2.75, 3.05) is 19.5 Å². The molecule has 0 amide bonds. The fourth-order valence-corrected chi connectivity index (χ4v) is 2.02. The highest BCUT2D eigenvalue weighted by atomic mass is 19.1. The molecule has 0 aliphatic rings. The molecule has 1 aromatic heterocycles. The van der Waals surface area contributed by atoms with E-state index in [2.05, 4.69) is 4.98 Å². The first-order valence-corrected chi connectivity index (χ1v) is 5.47. The molecule has 1 aromatic carbocycles. The monoisotopic (exact) mass is 237 g/mol. The molecule has 0 spiro atoms. The van der Waals surface area contributed by atoms with E-state index in [0.717, 1.165) is 5.52 Å². The van der Waals surface area contributed by atoms with E-state index in [1.807, 2.05) is 11.5 Å². The Balaban J connectivity index is 2.62. The number of imidazole rings is 1. The molecule has 17 heavy (non-hydrogen) atoms. The average Bonchev–Trinajstić information content (AvgIpc) is 2.55. The number of anilines is 1. The van der Waals surface area contributed by atoms with Crippen LogP contribution < -0.4 is 5.73 Å². The Morgan fingerprint density at radius 3 is 2.88 bits per heavy atom. The van der Waals surface area contributed by atoms with E-state index in [9.17, 15) is 4.39 Å². The zero-order valence-electron chi connectivity index (χ0n) is 10.2. The molecule has 2 aromatic rings. The highest BCUT2D eigenvalue weighted by Crippen LogP contribution is 2.25. The van der Waals surface area contributed by atoms with Gasteiger partial charge in [0.1, 0.15) is 5.82 Å². The molecular weight excluding hydrogens is 221 g/mol. The third kappa shape index (κ3) is 1.98. The third-order valence-electron chi connectivity index (χ3n) is 2.85. The van der Waals surface area contributed by atoms with Crippen molar-refractivity contribution in [2.45, 2.75) is 19.9 Å². The number of aromatic nitrogens is 2. The second-order valence-electron chi connectivity index (χ2n) is 4.23. The lowest BCUT2D eigenvalue weighted by atomic mass is 10.2. The smallest absolute Gasteiger partial charge is 0.201 e. The van der Waals surface area contributed by atoms with Gasteiger partial charge in [-0.3, -0.25) is 0 Å². The number of fused-ring (bicyclic) bond motifs is 1. The second kappa shape index (κ2) is 4.33. The van der Waals surface area contributed by atoms with Crippen molar-refractivity contribution in [3.05, 3.63) is 23.5 Å². The zero-order valence-corrected chi connectivity index (χ0v) is 10.2. The number of rotatable bonds is 3. The summed E-state index contributed by atoms with van der Waals surface area (Å²) in [6.45, 7) is 4.25. The molecule has 1 heterocycles. The minimum Gasteiger partial charge on any atom is -0.383 e. The maximum absolute atomic E-state index is 13.4. The highest BCUT2D eigenvalue weighted by Gasteiger charge is 2.15. The highest BCUT2D eigenvalue weighted by molar-refractivity contribution is 5.79. The molecule has 0 radical (unpaired) electrons. The van der Waals surface area contributed by atoms with E-state index in [1.165, 1.54) is 6.07 Å². The minimum atomic E-state index is -0.262. The second-order valence-corrected chi connectivity index (χ2v) is 4.23. The van der Waals surface area contributed by atoms with Gasteiger partial charge in [0.15, 0.2) is 0 Å². The number of nitrogens with two attached hydrogens (primary N) is 1. The van der Waals surface area contributed by atoms with Gasteiger partial charge in [0.2, 0.25) is 5.95 Å². The van der Waals surface area contributed by atoms with Crippen LogP contribution in [0.15, 0.2) is 12.1 Å². The summed E-state index contributed by atoms with van der Waals surface area (Å²) in [5.74, 6) is 0.121. The maximum Gasteiger partial charge on any atom is 0.201 e. The predicted molar refractivity (Wildman–Crippen MR) is 65.4 cm³/mol. The van der Waals surface area contributed by atoms with Crippen LogP contribution in [-0.2, 0) is 4.74 Å². The fraction of sp³-hybridized carbons (Fsp3) is 0.417. The van der Waals surface area contributed by atoms with Crippen molar-refractivity contribution in [2.24, 2.45) is 0 Å². The van der Waals surface area contributed by atoms with Crippen molar-refractivity contribution < 1.29 is 9.13 Å². The minimum absolute atomic E-state index is 0.0647. The number of aryl methyl sites for hydroxylation is 1. The fourth-order valence-electron chi connectivity index (χ4n) is 2.02. The van der Waals surface area contributed by atoms with Gasteiger partial charge in [-0.15, -0.1) is 0 Å². The standard InChI is InChI=1S/C12H16FN3O/c1-7-4-11-10(5-9(7)13)15-12(14)16(11)8(2)6-17-3/h4-5,8H,6H2,1-3H3,(H2,14,15). The Kier molecular flexibility index (Phi) is 3.02. The van der Waals surface area contributed by atoms with Gasteiger partial charge in [0.05, 0.1) is 23.7 Å². The van der Waals surface area contributed by atoms with Crippen molar-refractivity contribution in [1.29, 1.82) is 0 Å². The van der Waals surface area contributed by atoms with E-state index in [1.54, 1.807) is 20.1 Å². The van der Waals surface area contributed by atoms with Gasteiger partial charge in [-0.25, -0.2) is 9.37 Å². The van der Waals surface area contributed by atoms with Crippen LogP contribution in [0.3, 0.4) is 0 Å². The summed E-state index contributed by atoms with van der Waals surface area (Å²) in [6, 6.07) is 3.24. The number of benzene rings is 1. The van der Waals surface area contributed by atoms with Crippen LogP contribution in [0.1, 0.15) is 18.5 Å². The Bertz CT molecular complexity index is 550. The summed E-state index contributed by atoms with van der Waals surface area (Å²) in [6.07, 6.45) is 0. The van der Waals surface area contributed by atoms with E-state index >= 15 is 0 Å². The molecule has 2 rings (SSSR count). The van der Waals surface area contributed by atoms with E-state index < -0.39 is 0 Å². The van der Waals surface area contributed by atoms with Crippen LogP contribution in [0.4, 0.5) is 10.3 Å². The van der Waals surface area contributed by atoms with E-state index in [-0.39, 0.29) is 11.9 Å². The first-order chi connectivity index (χ1) is 8.04. The van der Waals surface area contributed by atoms with Crippen molar-refractivity contribution in [3.8, 4) is 0 Å². The number of methoxy groups -OCH3 is 1. The Morgan fingerprint density at radius 1 is 1.53 bits per heavy atom. The summed E-state index contributed by atoms with van der Waals surface area (Å²) < 4.78 is 20.4. The molecular formula is C12H16FN3O. The number of hydrogen-bond acceptors (Lipinski definition) is 3. The van der Waals surface area contributed by atoms with Gasteiger partial charge >= 0.3 is 0 Å². The zero-order chi connectivity index (χ0) is 12.6. The van der Waals surface area contributed by atoms with Crippen LogP contribution in [0, 0.1) is 12.7 Å². The summed E-state index contributed by atoms with van der Waals surface area (Å²) in [7, 11) is 1.64. The molecule has 1 unspecified atom stereocenters. The number of nitrogens with zero attached hydrogens (tertiary/aromatic N) is 2. The summed E-state index contributed by atoms with van der Waals surface area (Å²) in [5, 5.41) is 0. The van der Waals surface area contributed by atoms with Crippen molar-refractivity contribution >= 4 is 17.0 Å². The summed E-state index contributed by atoms with van der Waals surface area (Å²) >= 11 is 0. The van der Waals surface area contributed by atoms with Gasteiger partial charge in [-0.05, 0) is 25.5 Å².